The number of sulfonamides is 1. The van der Waals surface area contributed by atoms with Crippen LogP contribution in [0.1, 0.15) is 43.0 Å². The number of esters is 1. The fraction of sp³-hybridized carbons (Fsp3) is 0.667. The highest BCUT2D eigenvalue weighted by Gasteiger charge is 2.38. The summed E-state index contributed by atoms with van der Waals surface area (Å²) in [6.07, 6.45) is 4.37. The zero-order valence-corrected chi connectivity index (χ0v) is 13.9. The normalized spacial score (nSPS) is 17.0. The number of rotatable bonds is 6. The molecule has 0 saturated heterocycles. The zero-order chi connectivity index (χ0) is 15.5. The third kappa shape index (κ3) is 3.78. The van der Waals surface area contributed by atoms with Gasteiger partial charge < -0.3 is 10.5 Å². The summed E-state index contributed by atoms with van der Waals surface area (Å²) >= 11 is 0. The molecule has 2 rings (SSSR count). The molecular weight excluding hydrogens is 332 g/mol. The minimum atomic E-state index is -3.91. The molecule has 0 bridgehead atoms. The highest BCUT2D eigenvalue weighted by atomic mass is 35.5. The summed E-state index contributed by atoms with van der Waals surface area (Å²) in [4.78, 5) is 11.8. The number of nitrogens with two attached hydrogens (primary N) is 1. The molecule has 1 heterocycles. The molecule has 22 heavy (non-hydrogen) atoms. The van der Waals surface area contributed by atoms with E-state index in [4.69, 9.17) is 10.5 Å². The van der Waals surface area contributed by atoms with Gasteiger partial charge in [-0.3, -0.25) is 5.10 Å². The summed E-state index contributed by atoms with van der Waals surface area (Å²) in [6, 6.07) is 0. The monoisotopic (exact) mass is 352 g/mol. The van der Waals surface area contributed by atoms with E-state index in [0.717, 1.165) is 19.0 Å². The van der Waals surface area contributed by atoms with Crippen molar-refractivity contribution in [3.8, 4) is 0 Å². The Balaban J connectivity index is 0.00000242. The number of hydrogen-bond acceptors (Lipinski definition) is 6. The van der Waals surface area contributed by atoms with Crippen LogP contribution in [0, 0.1) is 0 Å². The molecule has 1 saturated carbocycles. The number of carbonyl (C=O) groups is 1. The minimum absolute atomic E-state index is 0. The van der Waals surface area contributed by atoms with E-state index in [0.29, 0.717) is 12.8 Å². The Morgan fingerprint density at radius 2 is 2.14 bits per heavy atom. The van der Waals surface area contributed by atoms with Gasteiger partial charge in [-0.2, -0.15) is 5.10 Å². The zero-order valence-electron chi connectivity index (χ0n) is 12.3. The molecule has 0 unspecified atom stereocenters. The Labute approximate surface area is 135 Å². The molecule has 8 nitrogen and oxygen atoms in total. The number of nitrogens with one attached hydrogen (secondary N) is 2. The number of nitrogens with zero attached hydrogens (tertiary/aromatic N) is 1. The highest BCUT2D eigenvalue weighted by Crippen LogP contribution is 2.30. The van der Waals surface area contributed by atoms with Gasteiger partial charge in [0.1, 0.15) is 5.56 Å². The molecule has 1 fully saturated rings. The van der Waals surface area contributed by atoms with E-state index < -0.39 is 21.5 Å². The summed E-state index contributed by atoms with van der Waals surface area (Å²) < 4.78 is 32.4. The minimum Gasteiger partial charge on any atom is -0.462 e. The van der Waals surface area contributed by atoms with Gasteiger partial charge in [0.2, 0.25) is 0 Å². The van der Waals surface area contributed by atoms with Crippen LogP contribution in [0.4, 0.5) is 0 Å². The number of aromatic nitrogens is 2. The lowest BCUT2D eigenvalue weighted by Crippen LogP contribution is -2.51. The van der Waals surface area contributed by atoms with Gasteiger partial charge in [0, 0.05) is 12.1 Å². The summed E-state index contributed by atoms with van der Waals surface area (Å²) in [5.41, 5.74) is 4.99. The van der Waals surface area contributed by atoms with Crippen molar-refractivity contribution >= 4 is 28.4 Å². The van der Waals surface area contributed by atoms with E-state index >= 15 is 0 Å². The number of aromatic amines is 1. The average molecular weight is 353 g/mol. The average Bonchev–Trinajstić information content (AvgIpc) is 3.07. The van der Waals surface area contributed by atoms with Crippen molar-refractivity contribution in [1.82, 2.24) is 14.9 Å². The Morgan fingerprint density at radius 3 is 2.68 bits per heavy atom. The quantitative estimate of drug-likeness (QED) is 0.642. The molecule has 0 aliphatic heterocycles. The van der Waals surface area contributed by atoms with Crippen molar-refractivity contribution in [2.45, 2.75) is 43.2 Å². The van der Waals surface area contributed by atoms with Crippen LogP contribution in [0.25, 0.3) is 0 Å². The molecule has 0 atom stereocenters. The summed E-state index contributed by atoms with van der Waals surface area (Å²) in [5.74, 6) is -0.722. The van der Waals surface area contributed by atoms with Crippen molar-refractivity contribution in [2.24, 2.45) is 5.73 Å². The highest BCUT2D eigenvalue weighted by molar-refractivity contribution is 7.89. The Bertz CT molecular complexity index is 610. The van der Waals surface area contributed by atoms with Crippen LogP contribution in [0.2, 0.25) is 0 Å². The number of ether oxygens (including phenoxy) is 1. The third-order valence-corrected chi connectivity index (χ3v) is 5.22. The van der Waals surface area contributed by atoms with Crippen LogP contribution < -0.4 is 10.5 Å². The Kier molecular flexibility index (Phi) is 6.36. The lowest BCUT2D eigenvalue weighted by Gasteiger charge is -2.27. The molecule has 4 N–H and O–H groups in total. The number of hydrogen-bond donors (Lipinski definition) is 3. The summed E-state index contributed by atoms with van der Waals surface area (Å²) in [5, 5.41) is 5.72. The predicted molar refractivity (Wildman–Crippen MR) is 82.4 cm³/mol. The Hall–Kier alpha value is -1.16. The van der Waals surface area contributed by atoms with Gasteiger partial charge in [-0.15, -0.1) is 12.4 Å². The predicted octanol–water partition coefficient (Wildman–Crippen LogP) is 0.558. The molecule has 1 aromatic heterocycles. The van der Waals surface area contributed by atoms with Gasteiger partial charge in [0.15, 0.2) is 5.03 Å². The second kappa shape index (κ2) is 7.40. The van der Waals surface area contributed by atoms with E-state index in [-0.39, 0.29) is 36.1 Å². The van der Waals surface area contributed by atoms with E-state index in [1.54, 1.807) is 6.92 Å². The fourth-order valence-electron chi connectivity index (χ4n) is 2.57. The van der Waals surface area contributed by atoms with Crippen LogP contribution in [-0.2, 0) is 14.8 Å². The molecule has 0 spiro atoms. The van der Waals surface area contributed by atoms with Gasteiger partial charge in [0.25, 0.3) is 10.0 Å². The van der Waals surface area contributed by atoms with Gasteiger partial charge >= 0.3 is 5.97 Å². The van der Waals surface area contributed by atoms with Crippen LogP contribution in [-0.4, -0.2) is 43.3 Å². The first-order valence-corrected chi connectivity index (χ1v) is 8.37. The Morgan fingerprint density at radius 1 is 1.50 bits per heavy atom. The summed E-state index contributed by atoms with van der Waals surface area (Å²) in [7, 11) is -3.91. The maximum Gasteiger partial charge on any atom is 0.342 e. The van der Waals surface area contributed by atoms with Crippen molar-refractivity contribution in [3.05, 3.63) is 11.8 Å². The van der Waals surface area contributed by atoms with Crippen LogP contribution in [0.15, 0.2) is 11.2 Å². The standard InChI is InChI=1S/C12H20N4O4S.ClH/c1-2-20-11(17)9-7-14-15-10(9)21(18,19)16-12(8-13)5-3-4-6-12;/h7,16H,2-6,8,13H2,1H3,(H,14,15);1H. The van der Waals surface area contributed by atoms with Crippen LogP contribution in [0.5, 0.6) is 0 Å². The van der Waals surface area contributed by atoms with Crippen molar-refractivity contribution in [1.29, 1.82) is 0 Å². The van der Waals surface area contributed by atoms with E-state index in [1.807, 2.05) is 0 Å². The second-order valence-corrected chi connectivity index (χ2v) is 6.75. The second-order valence-electron chi connectivity index (χ2n) is 5.13. The molecule has 0 aromatic carbocycles. The first-order valence-electron chi connectivity index (χ1n) is 6.89. The molecule has 1 aromatic rings. The van der Waals surface area contributed by atoms with Crippen molar-refractivity contribution in [2.75, 3.05) is 13.2 Å². The van der Waals surface area contributed by atoms with E-state index in [9.17, 15) is 13.2 Å². The summed E-state index contributed by atoms with van der Waals surface area (Å²) in [6.45, 7) is 2.02. The van der Waals surface area contributed by atoms with Crippen molar-refractivity contribution < 1.29 is 17.9 Å². The molecule has 126 valence electrons. The molecule has 10 heteroatoms. The molecule has 1 aliphatic rings. The smallest absolute Gasteiger partial charge is 0.342 e. The largest absolute Gasteiger partial charge is 0.462 e. The molecular formula is C12H21ClN4O4S. The number of carbonyl (C=O) groups excluding carboxylic acids is 1. The fourth-order valence-corrected chi connectivity index (χ4v) is 4.13. The maximum atomic E-state index is 12.5. The SMILES string of the molecule is CCOC(=O)c1cn[nH]c1S(=O)(=O)NC1(CN)CCCC1.Cl. The molecule has 0 radical (unpaired) electrons. The maximum absolute atomic E-state index is 12.5. The van der Waals surface area contributed by atoms with Gasteiger partial charge in [-0.05, 0) is 19.8 Å². The lowest BCUT2D eigenvalue weighted by molar-refractivity contribution is 0.0521. The third-order valence-electron chi connectivity index (χ3n) is 3.67. The number of halogens is 1. The van der Waals surface area contributed by atoms with Gasteiger partial charge in [0.05, 0.1) is 12.8 Å². The van der Waals surface area contributed by atoms with Crippen LogP contribution in [0.3, 0.4) is 0 Å². The number of H-pyrrole nitrogens is 1. The van der Waals surface area contributed by atoms with E-state index in [2.05, 4.69) is 14.9 Å². The van der Waals surface area contributed by atoms with Crippen LogP contribution >= 0.6 is 12.4 Å². The van der Waals surface area contributed by atoms with E-state index in [1.165, 1.54) is 0 Å². The van der Waals surface area contributed by atoms with Crippen molar-refractivity contribution in [3.63, 3.8) is 0 Å². The van der Waals surface area contributed by atoms with Gasteiger partial charge in [-0.1, -0.05) is 12.8 Å². The van der Waals surface area contributed by atoms with Gasteiger partial charge in [-0.25, -0.2) is 17.9 Å². The molecule has 1 aliphatic carbocycles. The topological polar surface area (TPSA) is 127 Å². The lowest BCUT2D eigenvalue weighted by atomic mass is 10.0. The molecule has 0 amide bonds. The first-order chi connectivity index (χ1) is 9.94. The first kappa shape index (κ1) is 18.9.